The van der Waals surface area contributed by atoms with Gasteiger partial charge in [0.05, 0.1) is 0 Å². The normalized spacial score (nSPS) is 14.9. The van der Waals surface area contributed by atoms with Crippen molar-refractivity contribution in [2.24, 2.45) is 5.73 Å². The van der Waals surface area contributed by atoms with E-state index in [9.17, 15) is 4.57 Å². The lowest BCUT2D eigenvalue weighted by atomic mass is 9.98. The highest BCUT2D eigenvalue weighted by Crippen LogP contribution is 2.29. The van der Waals surface area contributed by atoms with Crippen LogP contribution in [0.4, 0.5) is 0 Å². The lowest BCUT2D eigenvalue weighted by molar-refractivity contribution is 0.495. The van der Waals surface area contributed by atoms with Crippen LogP contribution in [0.1, 0.15) is 17.9 Å². The molecule has 1 aromatic rings. The maximum atomic E-state index is 10.8. The van der Waals surface area contributed by atoms with Crippen molar-refractivity contribution in [3.05, 3.63) is 34.9 Å². The molecule has 2 atom stereocenters. The second-order valence-electron chi connectivity index (χ2n) is 3.42. The summed E-state index contributed by atoms with van der Waals surface area (Å²) in [6.45, 7) is 0.516. The van der Waals surface area contributed by atoms with E-state index in [1.807, 2.05) is 12.1 Å². The van der Waals surface area contributed by atoms with Gasteiger partial charge in [-0.25, -0.2) is 0 Å². The van der Waals surface area contributed by atoms with Gasteiger partial charge in [-0.2, -0.15) is 0 Å². The van der Waals surface area contributed by atoms with E-state index in [4.69, 9.17) is 22.2 Å². The summed E-state index contributed by atoms with van der Waals surface area (Å²) in [5, 5.41) is 0.668. The molecule has 0 aromatic heterocycles. The molecule has 0 spiro atoms. The molecule has 1 aromatic carbocycles. The maximum absolute atomic E-state index is 10.8. The predicted octanol–water partition coefficient (Wildman–Crippen LogP) is 2.24. The van der Waals surface area contributed by atoms with Crippen LogP contribution in [0.15, 0.2) is 24.3 Å². The van der Waals surface area contributed by atoms with Gasteiger partial charge in [0.25, 0.3) is 0 Å². The van der Waals surface area contributed by atoms with Crippen LogP contribution in [0, 0.1) is 0 Å². The zero-order valence-electron chi connectivity index (χ0n) is 8.32. The number of nitrogens with two attached hydrogens (primary N) is 1. The van der Waals surface area contributed by atoms with E-state index in [1.54, 1.807) is 12.1 Å². The molecule has 3 N–H and O–H groups in total. The second kappa shape index (κ2) is 6.29. The molecule has 1 rings (SSSR count). The highest BCUT2D eigenvalue weighted by molar-refractivity contribution is 7.38. The molecule has 3 nitrogen and oxygen atoms in total. The van der Waals surface area contributed by atoms with Gasteiger partial charge in [-0.05, 0) is 36.6 Å². The molecule has 0 aliphatic carbocycles. The topological polar surface area (TPSA) is 63.3 Å². The molecule has 0 aliphatic heterocycles. The van der Waals surface area contributed by atoms with Gasteiger partial charge in [0.1, 0.15) is 0 Å². The summed E-state index contributed by atoms with van der Waals surface area (Å²) in [6.07, 6.45) is 1.02. The molecular formula is C10H15ClNO2P. The van der Waals surface area contributed by atoms with Crippen molar-refractivity contribution in [2.75, 3.05) is 12.7 Å². The molecule has 5 heteroatoms. The van der Waals surface area contributed by atoms with E-state index in [-0.39, 0.29) is 5.92 Å². The molecule has 0 saturated carbocycles. The minimum absolute atomic E-state index is 0.0589. The highest BCUT2D eigenvalue weighted by atomic mass is 35.5. The summed E-state index contributed by atoms with van der Waals surface area (Å²) < 4.78 is 10.8. The highest BCUT2D eigenvalue weighted by Gasteiger charge is 2.12. The fraction of sp³-hybridized carbons (Fsp3) is 0.400. The Hall–Kier alpha value is -0.340. The summed E-state index contributed by atoms with van der Waals surface area (Å²) in [6, 6.07) is 7.34. The van der Waals surface area contributed by atoms with Crippen LogP contribution >= 0.6 is 19.6 Å². The third-order valence-electron chi connectivity index (χ3n) is 2.28. The van der Waals surface area contributed by atoms with E-state index < -0.39 is 8.03 Å². The number of hydrogen-bond acceptors (Lipinski definition) is 2. The summed E-state index contributed by atoms with van der Waals surface area (Å²) in [5.74, 6) is 0.0589. The van der Waals surface area contributed by atoms with Crippen molar-refractivity contribution in [3.63, 3.8) is 0 Å². The van der Waals surface area contributed by atoms with E-state index in [2.05, 4.69) is 0 Å². The van der Waals surface area contributed by atoms with Crippen LogP contribution < -0.4 is 5.73 Å². The monoisotopic (exact) mass is 247 g/mol. The zero-order valence-corrected chi connectivity index (χ0v) is 10.1. The Bertz CT molecular complexity index is 329. The molecule has 0 fully saturated rings. The third kappa shape index (κ3) is 4.35. The second-order valence-corrected chi connectivity index (χ2v) is 5.06. The lowest BCUT2D eigenvalue weighted by Crippen LogP contribution is -2.09. The lowest BCUT2D eigenvalue weighted by Gasteiger charge is -2.14. The van der Waals surface area contributed by atoms with Gasteiger partial charge >= 0.3 is 0 Å². The Labute approximate surface area is 95.1 Å². The van der Waals surface area contributed by atoms with Crippen LogP contribution in [0.25, 0.3) is 0 Å². The van der Waals surface area contributed by atoms with Gasteiger partial charge in [-0.15, -0.1) is 0 Å². The van der Waals surface area contributed by atoms with Crippen LogP contribution in [-0.2, 0) is 4.57 Å². The van der Waals surface area contributed by atoms with Crippen molar-refractivity contribution in [2.45, 2.75) is 12.3 Å². The van der Waals surface area contributed by atoms with E-state index in [0.717, 1.165) is 12.0 Å². The first kappa shape index (κ1) is 12.7. The Balaban J connectivity index is 2.78. The van der Waals surface area contributed by atoms with Gasteiger partial charge in [0.15, 0.2) is 8.03 Å². The largest absolute Gasteiger partial charge is 0.346 e. The van der Waals surface area contributed by atoms with Crippen molar-refractivity contribution < 1.29 is 9.46 Å². The molecule has 0 aliphatic rings. The predicted molar refractivity (Wildman–Crippen MR) is 64.0 cm³/mol. The average Bonchev–Trinajstić information content (AvgIpc) is 2.17. The fourth-order valence-corrected chi connectivity index (χ4v) is 2.52. The van der Waals surface area contributed by atoms with E-state index in [1.165, 1.54) is 0 Å². The Kier molecular flexibility index (Phi) is 5.34. The number of rotatable bonds is 5. The molecule has 2 unspecified atom stereocenters. The zero-order chi connectivity index (χ0) is 11.3. The van der Waals surface area contributed by atoms with Gasteiger partial charge < -0.3 is 10.6 Å². The quantitative estimate of drug-likeness (QED) is 0.785. The molecule has 84 valence electrons. The summed E-state index contributed by atoms with van der Waals surface area (Å²) in [5.41, 5.74) is 6.50. The van der Waals surface area contributed by atoms with E-state index in [0.29, 0.717) is 17.7 Å². The first-order valence-corrected chi connectivity index (χ1v) is 6.75. The van der Waals surface area contributed by atoms with Crippen molar-refractivity contribution >= 4 is 19.6 Å². The Morgan fingerprint density at radius 1 is 1.40 bits per heavy atom. The van der Waals surface area contributed by atoms with E-state index >= 15 is 0 Å². The Morgan fingerprint density at radius 3 is 2.47 bits per heavy atom. The molecule has 0 bridgehead atoms. The maximum Gasteiger partial charge on any atom is 0.189 e. The van der Waals surface area contributed by atoms with Crippen LogP contribution in [0.3, 0.4) is 0 Å². The summed E-state index contributed by atoms with van der Waals surface area (Å²) in [7, 11) is -2.45. The number of benzene rings is 1. The molecule has 15 heavy (non-hydrogen) atoms. The SMILES string of the molecule is NCCC(C[PH](=O)O)c1ccc(Cl)cc1. The minimum Gasteiger partial charge on any atom is -0.346 e. The van der Waals surface area contributed by atoms with Gasteiger partial charge in [-0.1, -0.05) is 23.7 Å². The summed E-state index contributed by atoms with van der Waals surface area (Å²) >= 11 is 5.77. The molecule has 0 saturated heterocycles. The number of hydrogen-bond donors (Lipinski definition) is 2. The molecular weight excluding hydrogens is 233 g/mol. The standard InChI is InChI=1S/C10H15ClNO2P/c11-10-3-1-8(2-4-10)9(5-6-12)7-15(13)14/h1-4,9,15H,5-7,12H2,(H,13,14). The van der Waals surface area contributed by atoms with Gasteiger partial charge in [0, 0.05) is 11.2 Å². The third-order valence-corrected chi connectivity index (χ3v) is 3.37. The van der Waals surface area contributed by atoms with Crippen LogP contribution in [0.5, 0.6) is 0 Å². The smallest absolute Gasteiger partial charge is 0.189 e. The van der Waals surface area contributed by atoms with Crippen molar-refractivity contribution in [1.29, 1.82) is 0 Å². The van der Waals surface area contributed by atoms with Gasteiger partial charge in [-0.3, -0.25) is 4.57 Å². The molecule has 0 heterocycles. The van der Waals surface area contributed by atoms with Crippen LogP contribution in [-0.4, -0.2) is 17.6 Å². The summed E-state index contributed by atoms with van der Waals surface area (Å²) in [4.78, 5) is 8.94. The first-order valence-electron chi connectivity index (χ1n) is 4.81. The molecule has 0 amide bonds. The van der Waals surface area contributed by atoms with Gasteiger partial charge in [0.2, 0.25) is 0 Å². The average molecular weight is 248 g/mol. The van der Waals surface area contributed by atoms with Crippen molar-refractivity contribution in [3.8, 4) is 0 Å². The van der Waals surface area contributed by atoms with Crippen molar-refractivity contribution in [1.82, 2.24) is 0 Å². The Morgan fingerprint density at radius 2 is 2.00 bits per heavy atom. The fourth-order valence-electron chi connectivity index (χ4n) is 1.53. The number of halogens is 1. The first-order chi connectivity index (χ1) is 7.13. The minimum atomic E-state index is -2.45. The molecule has 0 radical (unpaired) electrons. The van der Waals surface area contributed by atoms with Crippen LogP contribution in [0.2, 0.25) is 5.02 Å².